The van der Waals surface area contributed by atoms with Crippen molar-refractivity contribution >= 4 is 28.7 Å². The molecule has 1 N–H and O–H groups in total. The van der Waals surface area contributed by atoms with Gasteiger partial charge in [-0.3, -0.25) is 0 Å². The lowest BCUT2D eigenvalue weighted by atomic mass is 9.69. The third-order valence-corrected chi connectivity index (χ3v) is 6.87. The van der Waals surface area contributed by atoms with E-state index in [-0.39, 0.29) is 16.4 Å². The highest BCUT2D eigenvalue weighted by Gasteiger charge is 2.41. The minimum atomic E-state index is -1.28. The number of carboxylic acids is 1. The first-order valence-electron chi connectivity index (χ1n) is 11.1. The molecule has 3 heterocycles. The van der Waals surface area contributed by atoms with Gasteiger partial charge in [0.15, 0.2) is 0 Å². The molecule has 0 unspecified atom stereocenters. The first-order chi connectivity index (χ1) is 15.5. The fourth-order valence-corrected chi connectivity index (χ4v) is 4.82. The van der Waals surface area contributed by atoms with Crippen LogP contribution >= 0.6 is 0 Å². The van der Waals surface area contributed by atoms with Crippen molar-refractivity contribution in [2.45, 2.75) is 51.4 Å². The zero-order valence-corrected chi connectivity index (χ0v) is 19.4. The van der Waals surface area contributed by atoms with Crippen molar-refractivity contribution in [1.82, 2.24) is 0 Å². The van der Waals surface area contributed by atoms with Gasteiger partial charge in [0.25, 0.3) is 0 Å². The van der Waals surface area contributed by atoms with Crippen molar-refractivity contribution in [3.8, 4) is 6.07 Å². The van der Waals surface area contributed by atoms with E-state index in [1.165, 1.54) is 23.4 Å². The summed E-state index contributed by atoms with van der Waals surface area (Å²) in [5.41, 5.74) is 3.92. The lowest BCUT2D eigenvalue weighted by molar-refractivity contribution is -0.132. The number of nitriles is 1. The topological polar surface area (TPSA) is 94.5 Å². The molecule has 6 heteroatoms. The summed E-state index contributed by atoms with van der Waals surface area (Å²) in [6.45, 7) is 11.0. The zero-order chi connectivity index (χ0) is 24.0. The smallest absolute Gasteiger partial charge is 0.346 e. The highest BCUT2D eigenvalue weighted by atomic mass is 16.4. The molecular formula is C27H28N2O4. The van der Waals surface area contributed by atoms with Crippen molar-refractivity contribution in [3.63, 3.8) is 0 Å². The van der Waals surface area contributed by atoms with E-state index in [0.29, 0.717) is 11.1 Å². The number of nitrogens with zero attached hydrogens (tertiary/aromatic N) is 2. The van der Waals surface area contributed by atoms with E-state index in [1.807, 2.05) is 6.07 Å². The van der Waals surface area contributed by atoms with Gasteiger partial charge >= 0.3 is 11.6 Å². The van der Waals surface area contributed by atoms with Crippen molar-refractivity contribution < 1.29 is 14.3 Å². The molecule has 2 aliphatic heterocycles. The maximum atomic E-state index is 12.8. The maximum absolute atomic E-state index is 12.8. The Labute approximate surface area is 193 Å². The molecule has 0 saturated carbocycles. The number of carboxylic acid groups (broad SMARTS) is 1. The summed E-state index contributed by atoms with van der Waals surface area (Å²) in [4.78, 5) is 26.1. The molecule has 2 aromatic rings. The molecule has 170 valence electrons. The first kappa shape index (κ1) is 22.6. The first-order valence-corrected chi connectivity index (χ1v) is 11.1. The third kappa shape index (κ3) is 4.00. The molecule has 33 heavy (non-hydrogen) atoms. The molecule has 0 atom stereocenters. The summed E-state index contributed by atoms with van der Waals surface area (Å²) >= 11 is 0. The number of aliphatic carboxylic acids is 1. The predicted octanol–water partition coefficient (Wildman–Crippen LogP) is 5.07. The van der Waals surface area contributed by atoms with Crippen molar-refractivity contribution in [2.75, 3.05) is 18.0 Å². The Kier molecular flexibility index (Phi) is 5.53. The number of hydrogen-bond acceptors (Lipinski definition) is 5. The highest BCUT2D eigenvalue weighted by molar-refractivity contribution is 5.92. The van der Waals surface area contributed by atoms with Crippen LogP contribution < -0.4 is 10.5 Å². The number of allylic oxidation sites excluding steroid dienone is 4. The van der Waals surface area contributed by atoms with Crippen LogP contribution in [-0.2, 0) is 15.6 Å². The van der Waals surface area contributed by atoms with Gasteiger partial charge in [-0.05, 0) is 53.5 Å². The summed E-state index contributed by atoms with van der Waals surface area (Å²) < 4.78 is 5.92. The number of fused-ring (bicyclic) bond motifs is 2. The monoisotopic (exact) mass is 444 g/mol. The Morgan fingerprint density at radius 3 is 2.48 bits per heavy atom. The van der Waals surface area contributed by atoms with E-state index in [4.69, 9.17) is 14.8 Å². The summed E-state index contributed by atoms with van der Waals surface area (Å²) in [5, 5.41) is 18.6. The molecule has 6 nitrogen and oxygen atoms in total. The van der Waals surface area contributed by atoms with Crippen molar-refractivity contribution in [1.29, 1.82) is 5.26 Å². The average molecular weight is 445 g/mol. The second kappa shape index (κ2) is 8.08. The molecule has 0 bridgehead atoms. The van der Waals surface area contributed by atoms with Gasteiger partial charge in [0.05, 0.1) is 5.56 Å². The van der Waals surface area contributed by atoms with Gasteiger partial charge in [-0.2, -0.15) is 5.26 Å². The van der Waals surface area contributed by atoms with E-state index in [1.54, 1.807) is 24.3 Å². The Bertz CT molecular complexity index is 1330. The SMILES string of the molecule is CC1(C)CCN2CCC(C)(C)c3c2c1cc1cc(C=CC=CC=C(C#N)C(=O)O)c(=O)oc31. The van der Waals surface area contributed by atoms with E-state index >= 15 is 0 Å². The van der Waals surface area contributed by atoms with Crippen LogP contribution in [-0.4, -0.2) is 24.2 Å². The molecule has 1 aromatic heterocycles. The van der Waals surface area contributed by atoms with Crippen LogP contribution in [0.15, 0.2) is 51.2 Å². The van der Waals surface area contributed by atoms with E-state index in [0.717, 1.165) is 36.9 Å². The summed E-state index contributed by atoms with van der Waals surface area (Å²) in [6, 6.07) is 5.66. The molecule has 1 aromatic carbocycles. The molecule has 0 aliphatic carbocycles. The number of benzene rings is 1. The number of rotatable bonds is 4. The molecule has 0 fully saturated rings. The Balaban J connectivity index is 1.82. The van der Waals surface area contributed by atoms with Crippen LogP contribution in [0, 0.1) is 11.3 Å². The molecule has 4 rings (SSSR count). The molecule has 0 saturated heterocycles. The summed E-state index contributed by atoms with van der Waals surface area (Å²) in [5.74, 6) is -1.28. The Morgan fingerprint density at radius 1 is 1.12 bits per heavy atom. The standard InChI is InChI=1S/C27H28N2O4/c1-26(2)10-12-29-13-11-27(3,4)21-22(29)20(26)15-19-14-17(25(32)33-23(19)21)8-6-5-7-9-18(16-28)24(30)31/h5-9,14-15H,10-13H2,1-4H3,(H,30,31). The van der Waals surface area contributed by atoms with Crippen LogP contribution in [0.1, 0.15) is 57.2 Å². The maximum Gasteiger partial charge on any atom is 0.346 e. The van der Waals surface area contributed by atoms with E-state index in [2.05, 4.69) is 38.7 Å². The quantitative estimate of drug-likeness (QED) is 0.306. The molecule has 0 spiro atoms. The number of anilines is 1. The van der Waals surface area contributed by atoms with Gasteiger partial charge in [-0.25, -0.2) is 9.59 Å². The number of hydrogen-bond donors (Lipinski definition) is 1. The predicted molar refractivity (Wildman–Crippen MR) is 129 cm³/mol. The fraction of sp³-hybridized carbons (Fsp3) is 0.370. The van der Waals surface area contributed by atoms with Gasteiger partial charge in [0, 0.05) is 29.7 Å². The second-order valence-electron chi connectivity index (χ2n) is 10.1. The van der Waals surface area contributed by atoms with Crippen LogP contribution in [0.3, 0.4) is 0 Å². The summed E-state index contributed by atoms with van der Waals surface area (Å²) in [6.07, 6.45) is 9.58. The third-order valence-electron chi connectivity index (χ3n) is 6.87. The highest BCUT2D eigenvalue weighted by Crippen LogP contribution is 2.51. The fourth-order valence-electron chi connectivity index (χ4n) is 4.82. The van der Waals surface area contributed by atoms with E-state index in [9.17, 15) is 9.59 Å². The normalized spacial score (nSPS) is 19.1. The van der Waals surface area contributed by atoms with Crippen LogP contribution in [0.25, 0.3) is 17.0 Å². The lowest BCUT2D eigenvalue weighted by Crippen LogP contribution is -2.44. The van der Waals surface area contributed by atoms with Gasteiger partial charge in [0.1, 0.15) is 17.2 Å². The Morgan fingerprint density at radius 2 is 1.82 bits per heavy atom. The van der Waals surface area contributed by atoms with Gasteiger partial charge in [0.2, 0.25) is 0 Å². The largest absolute Gasteiger partial charge is 0.477 e. The number of carbonyl (C=O) groups is 1. The molecular weight excluding hydrogens is 416 g/mol. The molecule has 0 radical (unpaired) electrons. The average Bonchev–Trinajstić information content (AvgIpc) is 2.74. The van der Waals surface area contributed by atoms with Gasteiger partial charge < -0.3 is 14.4 Å². The summed E-state index contributed by atoms with van der Waals surface area (Å²) in [7, 11) is 0. The van der Waals surface area contributed by atoms with Crippen LogP contribution in [0.4, 0.5) is 5.69 Å². The van der Waals surface area contributed by atoms with Crippen molar-refractivity contribution in [3.05, 3.63) is 69.1 Å². The second-order valence-corrected chi connectivity index (χ2v) is 10.1. The minimum absolute atomic E-state index is 0.0337. The zero-order valence-electron chi connectivity index (χ0n) is 19.4. The molecule has 0 amide bonds. The van der Waals surface area contributed by atoms with Gasteiger partial charge in [-0.15, -0.1) is 0 Å². The lowest BCUT2D eigenvalue weighted by Gasteiger charge is -2.48. The van der Waals surface area contributed by atoms with Crippen LogP contribution in [0.5, 0.6) is 0 Å². The van der Waals surface area contributed by atoms with Crippen molar-refractivity contribution in [2.24, 2.45) is 0 Å². The van der Waals surface area contributed by atoms with E-state index < -0.39 is 11.6 Å². The molecule has 2 aliphatic rings. The van der Waals surface area contributed by atoms with Gasteiger partial charge in [-0.1, -0.05) is 45.9 Å². The Hall–Kier alpha value is -3.59. The van der Waals surface area contributed by atoms with Crippen LogP contribution in [0.2, 0.25) is 0 Å². The minimum Gasteiger partial charge on any atom is -0.477 e.